The normalized spacial score (nSPS) is 12.7. The molecule has 0 spiro atoms. The van der Waals surface area contributed by atoms with Gasteiger partial charge < -0.3 is 5.73 Å². The molecule has 5 heteroatoms. The first-order chi connectivity index (χ1) is 9.01. The third-order valence-corrected chi connectivity index (χ3v) is 4.36. The van der Waals surface area contributed by atoms with E-state index < -0.39 is 0 Å². The topological polar surface area (TPSA) is 43.8 Å². The zero-order chi connectivity index (χ0) is 14.0. The van der Waals surface area contributed by atoms with Gasteiger partial charge in [-0.1, -0.05) is 44.8 Å². The standard InChI is InChI=1S/C14H17Br2N3/c1-3-10-7-11(19(2)18-10)8-14(17)12-5-4-9(15)6-13(12)16/h4-7,14H,3,8,17H2,1-2H3. The van der Waals surface area contributed by atoms with Crippen LogP contribution >= 0.6 is 31.9 Å². The van der Waals surface area contributed by atoms with Crippen molar-refractivity contribution >= 4 is 31.9 Å². The van der Waals surface area contributed by atoms with Crippen LogP contribution in [0.15, 0.2) is 33.2 Å². The Kier molecular flexibility index (Phi) is 4.81. The molecule has 0 aliphatic carbocycles. The number of benzene rings is 1. The molecule has 0 saturated heterocycles. The molecule has 0 radical (unpaired) electrons. The van der Waals surface area contributed by atoms with Crippen LogP contribution in [-0.2, 0) is 19.9 Å². The van der Waals surface area contributed by atoms with Gasteiger partial charge in [-0.25, -0.2) is 0 Å². The van der Waals surface area contributed by atoms with E-state index in [4.69, 9.17) is 5.73 Å². The number of halogens is 2. The van der Waals surface area contributed by atoms with E-state index in [1.165, 1.54) is 5.69 Å². The molecule has 102 valence electrons. The Labute approximate surface area is 130 Å². The highest BCUT2D eigenvalue weighted by Crippen LogP contribution is 2.27. The Balaban J connectivity index is 2.20. The monoisotopic (exact) mass is 385 g/mol. The Bertz CT molecular complexity index is 578. The Morgan fingerprint density at radius 3 is 2.63 bits per heavy atom. The van der Waals surface area contributed by atoms with Crippen LogP contribution in [0.3, 0.4) is 0 Å². The summed E-state index contributed by atoms with van der Waals surface area (Å²) in [4.78, 5) is 0. The van der Waals surface area contributed by atoms with Crippen molar-refractivity contribution in [2.75, 3.05) is 0 Å². The van der Waals surface area contributed by atoms with Crippen molar-refractivity contribution in [1.82, 2.24) is 9.78 Å². The first-order valence-electron chi connectivity index (χ1n) is 6.23. The summed E-state index contributed by atoms with van der Waals surface area (Å²) in [5.41, 5.74) is 9.70. The van der Waals surface area contributed by atoms with Gasteiger partial charge in [-0.15, -0.1) is 0 Å². The van der Waals surface area contributed by atoms with Gasteiger partial charge in [-0.3, -0.25) is 4.68 Å². The molecule has 2 rings (SSSR count). The number of nitrogens with two attached hydrogens (primary N) is 1. The van der Waals surface area contributed by atoms with E-state index in [-0.39, 0.29) is 6.04 Å². The number of hydrogen-bond donors (Lipinski definition) is 1. The smallest absolute Gasteiger partial charge is 0.0624 e. The Hall–Kier alpha value is -0.650. The molecule has 0 aliphatic rings. The summed E-state index contributed by atoms with van der Waals surface area (Å²) in [5.74, 6) is 0. The fraction of sp³-hybridized carbons (Fsp3) is 0.357. The lowest BCUT2D eigenvalue weighted by molar-refractivity contribution is 0.636. The van der Waals surface area contributed by atoms with Gasteiger partial charge in [0.05, 0.1) is 5.69 Å². The van der Waals surface area contributed by atoms with E-state index in [1.807, 2.05) is 23.9 Å². The van der Waals surface area contributed by atoms with Gasteiger partial charge in [0.2, 0.25) is 0 Å². The van der Waals surface area contributed by atoms with Gasteiger partial charge in [0, 0.05) is 34.1 Å². The highest BCUT2D eigenvalue weighted by molar-refractivity contribution is 9.11. The van der Waals surface area contributed by atoms with Crippen LogP contribution in [0, 0.1) is 0 Å². The second-order valence-electron chi connectivity index (χ2n) is 4.58. The Morgan fingerprint density at radius 1 is 1.32 bits per heavy atom. The molecule has 1 atom stereocenters. The molecule has 0 fully saturated rings. The minimum absolute atomic E-state index is 0.0393. The molecule has 0 saturated carbocycles. The van der Waals surface area contributed by atoms with Crippen molar-refractivity contribution in [3.8, 4) is 0 Å². The predicted octanol–water partition coefficient (Wildman–Crippen LogP) is 3.75. The predicted molar refractivity (Wildman–Crippen MR) is 85.1 cm³/mol. The lowest BCUT2D eigenvalue weighted by Crippen LogP contribution is -2.15. The van der Waals surface area contributed by atoms with Crippen LogP contribution in [-0.4, -0.2) is 9.78 Å². The van der Waals surface area contributed by atoms with Crippen molar-refractivity contribution in [2.24, 2.45) is 12.8 Å². The number of nitrogens with zero attached hydrogens (tertiary/aromatic N) is 2. The van der Waals surface area contributed by atoms with Crippen molar-refractivity contribution < 1.29 is 0 Å². The second kappa shape index (κ2) is 6.20. The molecule has 1 aromatic carbocycles. The van der Waals surface area contributed by atoms with Gasteiger partial charge in [0.25, 0.3) is 0 Å². The minimum Gasteiger partial charge on any atom is -0.324 e. The molecule has 2 aromatic rings. The number of aromatic nitrogens is 2. The molecule has 0 amide bonds. The largest absolute Gasteiger partial charge is 0.324 e. The number of rotatable bonds is 4. The maximum atomic E-state index is 6.31. The lowest BCUT2D eigenvalue weighted by atomic mass is 10.0. The summed E-state index contributed by atoms with van der Waals surface area (Å²) >= 11 is 7.02. The fourth-order valence-corrected chi connectivity index (χ4v) is 3.41. The summed E-state index contributed by atoms with van der Waals surface area (Å²) in [7, 11) is 1.97. The van der Waals surface area contributed by atoms with Gasteiger partial charge in [-0.2, -0.15) is 5.10 Å². The summed E-state index contributed by atoms with van der Waals surface area (Å²) in [6, 6.07) is 8.18. The fourth-order valence-electron chi connectivity index (χ4n) is 2.07. The van der Waals surface area contributed by atoms with Gasteiger partial charge in [0.1, 0.15) is 0 Å². The molecule has 2 N–H and O–H groups in total. The van der Waals surface area contributed by atoms with Crippen molar-refractivity contribution in [2.45, 2.75) is 25.8 Å². The minimum atomic E-state index is -0.0393. The van der Waals surface area contributed by atoms with Crippen molar-refractivity contribution in [3.63, 3.8) is 0 Å². The van der Waals surface area contributed by atoms with E-state index in [2.05, 4.69) is 56.0 Å². The van der Waals surface area contributed by atoms with Crippen LogP contribution < -0.4 is 5.73 Å². The summed E-state index contributed by atoms with van der Waals surface area (Å²) < 4.78 is 4.00. The maximum Gasteiger partial charge on any atom is 0.0624 e. The quantitative estimate of drug-likeness (QED) is 0.869. The van der Waals surface area contributed by atoms with Gasteiger partial charge in [0.15, 0.2) is 0 Å². The van der Waals surface area contributed by atoms with Crippen LogP contribution in [0.1, 0.15) is 29.9 Å². The van der Waals surface area contributed by atoms with E-state index in [0.717, 1.165) is 33.0 Å². The van der Waals surface area contributed by atoms with Crippen molar-refractivity contribution in [1.29, 1.82) is 0 Å². The molecule has 19 heavy (non-hydrogen) atoms. The SMILES string of the molecule is CCc1cc(CC(N)c2ccc(Br)cc2Br)n(C)n1. The molecule has 1 unspecified atom stereocenters. The number of aryl methyl sites for hydroxylation is 2. The molecule has 3 nitrogen and oxygen atoms in total. The van der Waals surface area contributed by atoms with E-state index in [0.29, 0.717) is 0 Å². The first-order valence-corrected chi connectivity index (χ1v) is 7.82. The second-order valence-corrected chi connectivity index (χ2v) is 6.35. The first kappa shape index (κ1) is 14.8. The molecule has 0 bridgehead atoms. The zero-order valence-electron chi connectivity index (χ0n) is 11.0. The van der Waals surface area contributed by atoms with Gasteiger partial charge >= 0.3 is 0 Å². The van der Waals surface area contributed by atoms with Crippen molar-refractivity contribution in [3.05, 3.63) is 50.2 Å². The summed E-state index contributed by atoms with van der Waals surface area (Å²) in [5, 5.41) is 4.45. The van der Waals surface area contributed by atoms with Crippen LogP contribution in [0.25, 0.3) is 0 Å². The molecule has 1 heterocycles. The molecule has 0 aliphatic heterocycles. The highest BCUT2D eigenvalue weighted by Gasteiger charge is 2.14. The summed E-state index contributed by atoms with van der Waals surface area (Å²) in [6.07, 6.45) is 1.73. The Morgan fingerprint density at radius 2 is 2.05 bits per heavy atom. The maximum absolute atomic E-state index is 6.31. The van der Waals surface area contributed by atoms with E-state index in [1.54, 1.807) is 0 Å². The third kappa shape index (κ3) is 3.46. The van der Waals surface area contributed by atoms with E-state index >= 15 is 0 Å². The highest BCUT2D eigenvalue weighted by atomic mass is 79.9. The lowest BCUT2D eigenvalue weighted by Gasteiger charge is -2.14. The number of hydrogen-bond acceptors (Lipinski definition) is 2. The zero-order valence-corrected chi connectivity index (χ0v) is 14.2. The third-order valence-electron chi connectivity index (χ3n) is 3.18. The summed E-state index contributed by atoms with van der Waals surface area (Å²) in [6.45, 7) is 2.11. The average Bonchev–Trinajstić information content (AvgIpc) is 2.70. The molecular formula is C14H17Br2N3. The van der Waals surface area contributed by atoms with Gasteiger partial charge in [-0.05, 0) is 30.2 Å². The molecule has 1 aromatic heterocycles. The van der Waals surface area contributed by atoms with Crippen LogP contribution in [0.2, 0.25) is 0 Å². The van der Waals surface area contributed by atoms with Crippen LogP contribution in [0.5, 0.6) is 0 Å². The average molecular weight is 387 g/mol. The van der Waals surface area contributed by atoms with E-state index in [9.17, 15) is 0 Å². The molecular weight excluding hydrogens is 370 g/mol. The van der Waals surface area contributed by atoms with Crippen LogP contribution in [0.4, 0.5) is 0 Å².